The van der Waals surface area contributed by atoms with Gasteiger partial charge < -0.3 is 16.8 Å². The quantitative estimate of drug-likeness (QED) is 0.162. The largest absolute Gasteiger partial charge is 0.370 e. The lowest BCUT2D eigenvalue weighted by Crippen LogP contribution is -2.34. The lowest BCUT2D eigenvalue weighted by Gasteiger charge is -2.00. The molecule has 0 rings (SSSR count). The molecule has 0 bridgehead atoms. The van der Waals surface area contributed by atoms with Gasteiger partial charge in [-0.1, -0.05) is 0 Å². The average Bonchev–Trinajstić information content (AvgIpc) is 2.04. The van der Waals surface area contributed by atoms with Crippen molar-refractivity contribution in [2.45, 2.75) is 0 Å². The van der Waals surface area contributed by atoms with Crippen molar-refractivity contribution >= 4 is 11.9 Å². The van der Waals surface area contributed by atoms with Gasteiger partial charge in [-0.25, -0.2) is 4.99 Å². The number of nitrogens with zero attached hydrogens (tertiary/aromatic N) is 3. The van der Waals surface area contributed by atoms with E-state index in [1.807, 2.05) is 0 Å². The first-order chi connectivity index (χ1) is 5.70. The monoisotopic (exact) mass is 169 g/mol. The van der Waals surface area contributed by atoms with E-state index in [0.717, 1.165) is 0 Å². The van der Waals surface area contributed by atoms with E-state index in [4.69, 9.17) is 16.7 Å². The first-order valence-electron chi connectivity index (χ1n) is 3.12. The average molecular weight is 169 g/mol. The van der Waals surface area contributed by atoms with E-state index in [1.54, 1.807) is 13.2 Å². The standard InChI is InChI=1S/C5H11N7/c1-9-4(7)11-3-12-5(8)10-2-6/h3H2,1H3,(H3,7,9,11)(H3,8,10,12). The first-order valence-corrected chi connectivity index (χ1v) is 3.12. The highest BCUT2D eigenvalue weighted by molar-refractivity contribution is 5.80. The molecule has 0 fully saturated rings. The van der Waals surface area contributed by atoms with Crippen LogP contribution in [0.5, 0.6) is 0 Å². The summed E-state index contributed by atoms with van der Waals surface area (Å²) in [5.41, 5.74) is 10.5. The lowest BCUT2D eigenvalue weighted by atomic mass is 10.8. The van der Waals surface area contributed by atoms with Crippen LogP contribution in [0, 0.1) is 11.5 Å². The second kappa shape index (κ2) is 5.79. The molecule has 0 aromatic rings. The van der Waals surface area contributed by atoms with E-state index < -0.39 is 0 Å². The summed E-state index contributed by atoms with van der Waals surface area (Å²) in [5, 5.41) is 12.9. The Morgan fingerprint density at radius 3 is 2.67 bits per heavy atom. The smallest absolute Gasteiger partial charge is 0.203 e. The molecule has 0 aliphatic heterocycles. The van der Waals surface area contributed by atoms with Crippen LogP contribution < -0.4 is 22.1 Å². The lowest BCUT2D eigenvalue weighted by molar-refractivity contribution is 0.903. The SMILES string of the molecule is CN=C(N)NCN=C(N)NC#N. The molecule has 0 radical (unpaired) electrons. The van der Waals surface area contributed by atoms with Crippen molar-refractivity contribution in [3.05, 3.63) is 0 Å². The maximum Gasteiger partial charge on any atom is 0.203 e. The molecule has 6 N–H and O–H groups in total. The molecule has 0 unspecified atom stereocenters. The number of rotatable bonds is 2. The van der Waals surface area contributed by atoms with E-state index in [0.29, 0.717) is 0 Å². The van der Waals surface area contributed by atoms with Crippen LogP contribution in [-0.2, 0) is 0 Å². The van der Waals surface area contributed by atoms with Crippen molar-refractivity contribution in [3.63, 3.8) is 0 Å². The van der Waals surface area contributed by atoms with Crippen molar-refractivity contribution in [3.8, 4) is 6.19 Å². The molecule has 0 spiro atoms. The first kappa shape index (κ1) is 10.0. The highest BCUT2D eigenvalue weighted by atomic mass is 15.2. The van der Waals surface area contributed by atoms with E-state index in [-0.39, 0.29) is 18.6 Å². The molecule has 66 valence electrons. The van der Waals surface area contributed by atoms with Crippen LogP contribution in [0.2, 0.25) is 0 Å². The second-order valence-electron chi connectivity index (χ2n) is 1.72. The zero-order chi connectivity index (χ0) is 9.40. The van der Waals surface area contributed by atoms with Gasteiger partial charge in [-0.15, -0.1) is 0 Å². The van der Waals surface area contributed by atoms with Crippen LogP contribution in [-0.4, -0.2) is 25.6 Å². The molecule has 0 aliphatic carbocycles. The van der Waals surface area contributed by atoms with Gasteiger partial charge in [-0.2, -0.15) is 5.26 Å². The van der Waals surface area contributed by atoms with Crippen molar-refractivity contribution in [1.29, 1.82) is 5.26 Å². The number of guanidine groups is 2. The molecule has 7 nitrogen and oxygen atoms in total. The highest BCUT2D eigenvalue weighted by Gasteiger charge is 1.87. The summed E-state index contributed by atoms with van der Waals surface area (Å²) >= 11 is 0. The van der Waals surface area contributed by atoms with Crippen LogP contribution in [0.15, 0.2) is 9.98 Å². The minimum absolute atomic E-state index is 0.0360. The predicted molar refractivity (Wildman–Crippen MR) is 45.9 cm³/mol. The molecular weight excluding hydrogens is 158 g/mol. The molecule has 0 amide bonds. The van der Waals surface area contributed by atoms with Gasteiger partial charge in [0.1, 0.15) is 6.67 Å². The van der Waals surface area contributed by atoms with Crippen molar-refractivity contribution in [1.82, 2.24) is 10.6 Å². The normalized spacial score (nSPS) is 12.0. The van der Waals surface area contributed by atoms with Gasteiger partial charge in [0.2, 0.25) is 5.96 Å². The summed E-state index contributed by atoms with van der Waals surface area (Å²) in [7, 11) is 1.54. The molecule has 0 saturated carbocycles. The van der Waals surface area contributed by atoms with Gasteiger partial charge in [0.25, 0.3) is 0 Å². The van der Waals surface area contributed by atoms with E-state index in [2.05, 4.69) is 20.6 Å². The Labute approximate surface area is 70.2 Å². The summed E-state index contributed by atoms with van der Waals surface area (Å²) < 4.78 is 0. The summed E-state index contributed by atoms with van der Waals surface area (Å²) in [4.78, 5) is 7.31. The Morgan fingerprint density at radius 2 is 2.17 bits per heavy atom. The third-order valence-electron chi connectivity index (χ3n) is 0.934. The van der Waals surface area contributed by atoms with Crippen LogP contribution in [0.25, 0.3) is 0 Å². The van der Waals surface area contributed by atoms with Crippen molar-refractivity contribution in [2.75, 3.05) is 13.7 Å². The van der Waals surface area contributed by atoms with Gasteiger partial charge in [-0.05, 0) is 0 Å². The summed E-state index contributed by atoms with van der Waals surface area (Å²) in [6, 6.07) is 0. The molecule has 0 aromatic carbocycles. The maximum atomic E-state index is 8.10. The molecule has 7 heteroatoms. The Kier molecular flexibility index (Phi) is 4.84. The molecule has 12 heavy (non-hydrogen) atoms. The van der Waals surface area contributed by atoms with Crippen molar-refractivity contribution < 1.29 is 0 Å². The highest BCUT2D eigenvalue weighted by Crippen LogP contribution is 1.64. The predicted octanol–water partition coefficient (Wildman–Crippen LogP) is -2.14. The third-order valence-corrected chi connectivity index (χ3v) is 0.934. The van der Waals surface area contributed by atoms with Crippen molar-refractivity contribution in [2.24, 2.45) is 21.5 Å². The summed E-state index contributed by atoms with van der Waals surface area (Å²) in [6.45, 7) is 0.184. The fourth-order valence-electron chi connectivity index (χ4n) is 0.382. The van der Waals surface area contributed by atoms with Gasteiger partial charge in [0.05, 0.1) is 0 Å². The topological polar surface area (TPSA) is 125 Å². The van der Waals surface area contributed by atoms with Crippen LogP contribution in [0.1, 0.15) is 0 Å². The van der Waals surface area contributed by atoms with Gasteiger partial charge in [0, 0.05) is 7.05 Å². The minimum Gasteiger partial charge on any atom is -0.370 e. The second-order valence-corrected chi connectivity index (χ2v) is 1.72. The number of nitrogens with one attached hydrogen (secondary N) is 2. The molecule has 0 aliphatic rings. The third kappa shape index (κ3) is 4.87. The van der Waals surface area contributed by atoms with E-state index >= 15 is 0 Å². The number of hydrogen-bond acceptors (Lipinski definition) is 3. The van der Waals surface area contributed by atoms with E-state index in [9.17, 15) is 0 Å². The zero-order valence-corrected chi connectivity index (χ0v) is 6.70. The van der Waals surface area contributed by atoms with E-state index in [1.165, 1.54) is 0 Å². The fraction of sp³-hybridized carbons (Fsp3) is 0.400. The van der Waals surface area contributed by atoms with Gasteiger partial charge in [0.15, 0.2) is 12.2 Å². The summed E-state index contributed by atoms with van der Waals surface area (Å²) in [5.74, 6) is 0.303. The zero-order valence-electron chi connectivity index (χ0n) is 6.70. The maximum absolute atomic E-state index is 8.10. The van der Waals surface area contributed by atoms with Crippen LogP contribution >= 0.6 is 0 Å². The fourth-order valence-corrected chi connectivity index (χ4v) is 0.382. The van der Waals surface area contributed by atoms with Gasteiger partial charge in [-0.3, -0.25) is 10.3 Å². The molecular formula is C5H11N7. The Morgan fingerprint density at radius 1 is 1.50 bits per heavy atom. The van der Waals surface area contributed by atoms with Crippen LogP contribution in [0.4, 0.5) is 0 Å². The molecule has 0 aromatic heterocycles. The molecule has 0 atom stereocenters. The number of hydrogen-bond donors (Lipinski definition) is 4. The number of nitriles is 1. The minimum atomic E-state index is 0.0360. The molecule has 0 saturated heterocycles. The number of aliphatic imine (C=N–C) groups is 2. The van der Waals surface area contributed by atoms with Crippen LogP contribution in [0.3, 0.4) is 0 Å². The Hall–Kier alpha value is -1.97. The summed E-state index contributed by atoms with van der Waals surface area (Å²) in [6.07, 6.45) is 1.62. The molecule has 0 heterocycles. The number of nitrogens with two attached hydrogens (primary N) is 2. The Bertz CT molecular complexity index is 222. The van der Waals surface area contributed by atoms with Gasteiger partial charge >= 0.3 is 0 Å². The Balaban J connectivity index is 3.68.